The van der Waals surface area contributed by atoms with Crippen molar-refractivity contribution in [1.29, 1.82) is 0 Å². The Labute approximate surface area is 277 Å². The van der Waals surface area contributed by atoms with Crippen molar-refractivity contribution in [2.24, 2.45) is 11.8 Å². The van der Waals surface area contributed by atoms with Crippen LogP contribution in [0.3, 0.4) is 0 Å². The molecule has 256 valence electrons. The van der Waals surface area contributed by atoms with Gasteiger partial charge in [-0.25, -0.2) is 0 Å². The van der Waals surface area contributed by atoms with Gasteiger partial charge in [-0.1, -0.05) is 67.5 Å². The molecule has 7 atom stereocenters. The highest BCUT2D eigenvalue weighted by Crippen LogP contribution is 2.53. The number of aliphatic hydroxyl groups excluding tert-OH is 1. The zero-order valence-corrected chi connectivity index (χ0v) is 27.9. The molecule has 0 unspecified atom stereocenters. The van der Waals surface area contributed by atoms with E-state index in [2.05, 4.69) is 5.32 Å². The van der Waals surface area contributed by atoms with Crippen LogP contribution in [0.2, 0.25) is 0 Å². The highest BCUT2D eigenvalue weighted by Gasteiger charge is 2.72. The maximum Gasteiger partial charge on any atom is 0.313 e. The molecule has 2 fully saturated rings. The number of nitrogens with zero attached hydrogens (tertiary/aromatic N) is 2. The monoisotopic (exact) mass is 651 g/mol. The number of likely N-dealkylation sites (tertiary alicyclic amines) is 1. The van der Waals surface area contributed by atoms with E-state index in [0.717, 1.165) is 12.8 Å². The predicted octanol–water partition coefficient (Wildman–Crippen LogP) is 3.08. The van der Waals surface area contributed by atoms with E-state index in [9.17, 15) is 24.3 Å². The smallest absolute Gasteiger partial charge is 0.313 e. The average molecular weight is 652 g/mol. The van der Waals surface area contributed by atoms with Crippen LogP contribution in [0, 0.1) is 11.8 Å². The van der Waals surface area contributed by atoms with E-state index < -0.39 is 53.2 Å². The number of aliphatic hydroxyl groups is 1. The highest BCUT2D eigenvalue weighted by atomic mass is 16.6. The van der Waals surface area contributed by atoms with Crippen LogP contribution in [0.15, 0.2) is 54.6 Å². The molecule has 5 rings (SSSR count). The minimum Gasteiger partial charge on any atom is -0.455 e. The third-order valence-corrected chi connectivity index (χ3v) is 9.68. The fraction of sp³-hybridized carbons (Fsp3) is 0.611. The number of hydrogen-bond donors (Lipinski definition) is 2. The SMILES string of the molecule is COC[C@H]1NC(=O)CC/C=C\[C@H]2O[C@]34C=CCN(C(C)(C)C)C(=O)[C@H]3N(CCCCCCO)C(=O)[C@@H]4[C@H]2C(=O)O[C@@H]1c1ccccc1. The van der Waals surface area contributed by atoms with Gasteiger partial charge in [0.15, 0.2) is 0 Å². The van der Waals surface area contributed by atoms with Crippen LogP contribution in [0.5, 0.6) is 0 Å². The first-order valence-corrected chi connectivity index (χ1v) is 16.8. The number of esters is 1. The first-order chi connectivity index (χ1) is 22.5. The third-order valence-electron chi connectivity index (χ3n) is 9.68. The molecule has 0 aromatic heterocycles. The Balaban J connectivity index is 1.58. The van der Waals surface area contributed by atoms with Crippen LogP contribution >= 0.6 is 0 Å². The number of amides is 3. The quantitative estimate of drug-likeness (QED) is 0.237. The molecule has 2 saturated heterocycles. The maximum absolute atomic E-state index is 14.6. The summed E-state index contributed by atoms with van der Waals surface area (Å²) < 4.78 is 18.6. The molecule has 2 N–H and O–H groups in total. The second kappa shape index (κ2) is 14.7. The molecular formula is C36H49N3O8. The van der Waals surface area contributed by atoms with Crippen LogP contribution in [0.4, 0.5) is 0 Å². The normalized spacial score (nSPS) is 32.0. The van der Waals surface area contributed by atoms with Gasteiger partial charge in [-0.3, -0.25) is 19.2 Å². The van der Waals surface area contributed by atoms with Gasteiger partial charge in [-0.2, -0.15) is 0 Å². The molecule has 47 heavy (non-hydrogen) atoms. The molecule has 11 nitrogen and oxygen atoms in total. The summed E-state index contributed by atoms with van der Waals surface area (Å²) in [6, 6.07) is 7.52. The number of carbonyl (C=O) groups excluding carboxylic acids is 4. The van der Waals surface area contributed by atoms with Crippen molar-refractivity contribution in [1.82, 2.24) is 15.1 Å². The highest BCUT2D eigenvalue weighted by molar-refractivity contribution is 5.99. The van der Waals surface area contributed by atoms with Gasteiger partial charge in [0.05, 0.1) is 24.7 Å². The number of ether oxygens (including phenoxy) is 3. The number of carbonyl (C=O) groups is 4. The lowest BCUT2D eigenvalue weighted by Gasteiger charge is -2.40. The molecule has 1 aromatic rings. The van der Waals surface area contributed by atoms with E-state index >= 15 is 0 Å². The van der Waals surface area contributed by atoms with Crippen molar-refractivity contribution < 1.29 is 38.5 Å². The van der Waals surface area contributed by atoms with Gasteiger partial charge >= 0.3 is 5.97 Å². The predicted molar refractivity (Wildman–Crippen MR) is 174 cm³/mol. The largest absolute Gasteiger partial charge is 0.455 e. The molecule has 0 saturated carbocycles. The topological polar surface area (TPSA) is 135 Å². The van der Waals surface area contributed by atoms with Gasteiger partial charge in [-0.15, -0.1) is 0 Å². The van der Waals surface area contributed by atoms with Crippen molar-refractivity contribution in [3.8, 4) is 0 Å². The summed E-state index contributed by atoms with van der Waals surface area (Å²) in [5.74, 6) is -3.42. The van der Waals surface area contributed by atoms with Gasteiger partial charge in [0.1, 0.15) is 23.7 Å². The summed E-state index contributed by atoms with van der Waals surface area (Å²) in [5, 5.41) is 12.2. The Morgan fingerprint density at radius 1 is 1.02 bits per heavy atom. The third kappa shape index (κ3) is 7.03. The fourth-order valence-electron chi connectivity index (χ4n) is 7.48. The molecule has 11 heteroatoms. The van der Waals surface area contributed by atoms with Crippen LogP contribution in [-0.4, -0.2) is 101 Å². The van der Waals surface area contributed by atoms with E-state index in [1.54, 1.807) is 22.0 Å². The lowest BCUT2D eigenvalue weighted by Crippen LogP contribution is -2.58. The lowest BCUT2D eigenvalue weighted by molar-refractivity contribution is -0.162. The summed E-state index contributed by atoms with van der Waals surface area (Å²) in [5.41, 5.74) is -1.24. The summed E-state index contributed by atoms with van der Waals surface area (Å²) >= 11 is 0. The Morgan fingerprint density at radius 3 is 2.47 bits per heavy atom. The molecular weight excluding hydrogens is 602 g/mol. The van der Waals surface area contributed by atoms with Gasteiger partial charge in [0, 0.05) is 38.8 Å². The summed E-state index contributed by atoms with van der Waals surface area (Å²) in [4.78, 5) is 59.9. The van der Waals surface area contributed by atoms with Gasteiger partial charge < -0.3 is 34.4 Å². The molecule has 0 aliphatic carbocycles. The lowest BCUT2D eigenvalue weighted by atomic mass is 9.77. The number of unbranched alkanes of at least 4 members (excludes halogenated alkanes) is 3. The Bertz CT molecular complexity index is 1360. The minimum atomic E-state index is -1.39. The van der Waals surface area contributed by atoms with E-state index in [1.165, 1.54) is 7.11 Å². The van der Waals surface area contributed by atoms with Gasteiger partial charge in [-0.05, 0) is 45.6 Å². The molecule has 1 aromatic carbocycles. The summed E-state index contributed by atoms with van der Waals surface area (Å²) in [6.45, 7) is 6.74. The molecule has 4 heterocycles. The summed E-state index contributed by atoms with van der Waals surface area (Å²) in [7, 11) is 1.52. The van der Waals surface area contributed by atoms with Crippen LogP contribution in [0.25, 0.3) is 0 Å². The Morgan fingerprint density at radius 2 is 1.77 bits per heavy atom. The number of methoxy groups -OCH3 is 1. The van der Waals surface area contributed by atoms with Crippen molar-refractivity contribution in [3.63, 3.8) is 0 Å². The molecule has 1 spiro atoms. The second-order valence-electron chi connectivity index (χ2n) is 13.9. The first-order valence-electron chi connectivity index (χ1n) is 16.8. The Kier molecular flexibility index (Phi) is 10.9. The zero-order chi connectivity index (χ0) is 33.8. The van der Waals surface area contributed by atoms with Crippen LogP contribution in [-0.2, 0) is 33.4 Å². The van der Waals surface area contributed by atoms with Crippen molar-refractivity contribution in [2.45, 2.75) is 94.7 Å². The first kappa shape index (κ1) is 34.8. The number of cyclic esters (lactones) is 1. The van der Waals surface area contributed by atoms with E-state index in [-0.39, 0.29) is 37.4 Å². The van der Waals surface area contributed by atoms with E-state index in [0.29, 0.717) is 37.9 Å². The van der Waals surface area contributed by atoms with Gasteiger partial charge in [0.25, 0.3) is 0 Å². The fourth-order valence-corrected chi connectivity index (χ4v) is 7.48. The second-order valence-corrected chi connectivity index (χ2v) is 13.9. The number of allylic oxidation sites excluding steroid dienone is 1. The van der Waals surface area contributed by atoms with Gasteiger partial charge in [0.2, 0.25) is 17.7 Å². The maximum atomic E-state index is 14.6. The van der Waals surface area contributed by atoms with Crippen molar-refractivity contribution >= 4 is 23.7 Å². The zero-order valence-electron chi connectivity index (χ0n) is 27.9. The van der Waals surface area contributed by atoms with Crippen molar-refractivity contribution in [3.05, 3.63) is 60.2 Å². The number of benzene rings is 1. The number of nitrogens with one attached hydrogen (secondary N) is 1. The molecule has 0 radical (unpaired) electrons. The van der Waals surface area contributed by atoms with Crippen molar-refractivity contribution in [2.75, 3.05) is 33.4 Å². The molecule has 0 bridgehead atoms. The van der Waals surface area contributed by atoms with Crippen LogP contribution < -0.4 is 5.32 Å². The minimum absolute atomic E-state index is 0.0946. The van der Waals surface area contributed by atoms with E-state index in [1.807, 2.05) is 63.3 Å². The standard InChI is InChI=1S/C36H49N3O8/c1-35(2,3)39-21-14-19-36-29(32(42)38(31(36)33(39)43)20-12-5-6-13-22-40)28-26(47-36)17-10-11-18-27(41)37-25(23-45-4)30(46-34(28)44)24-15-8-7-9-16-24/h7-10,14-17,19,25-26,28-31,40H,5-6,11-13,18,20-23H2,1-4H3,(H,37,41)/b17-10-/t25-,26-,28+,29+,30-,31-,36+/m1/s1. The number of rotatable bonds is 9. The number of fused-ring (bicyclic) bond motifs is 2. The molecule has 4 aliphatic rings. The average Bonchev–Trinajstić information content (AvgIpc) is 3.41. The molecule has 3 amide bonds. The Hall–Kier alpha value is -3.54. The van der Waals surface area contributed by atoms with Crippen LogP contribution in [0.1, 0.15) is 71.0 Å². The number of hydrogen-bond acceptors (Lipinski definition) is 8. The molecule has 4 aliphatic heterocycles. The summed E-state index contributed by atoms with van der Waals surface area (Å²) in [6.07, 6.45) is 8.98. The van der Waals surface area contributed by atoms with E-state index in [4.69, 9.17) is 14.2 Å².